The maximum Gasteiger partial charge on any atom is 0.222 e. The highest BCUT2D eigenvalue weighted by atomic mass is 16.2. The van der Waals surface area contributed by atoms with Gasteiger partial charge in [0.1, 0.15) is 0 Å². The van der Waals surface area contributed by atoms with Crippen molar-refractivity contribution in [1.29, 1.82) is 0 Å². The molecule has 0 saturated carbocycles. The third-order valence-electron chi connectivity index (χ3n) is 4.62. The van der Waals surface area contributed by atoms with Crippen LogP contribution in [0, 0.1) is 0 Å². The average Bonchev–Trinajstić information content (AvgIpc) is 2.67. The number of hydrogen-bond acceptors (Lipinski definition) is 2. The lowest BCUT2D eigenvalue weighted by atomic mass is 10.0. The molecule has 3 rings (SSSR count). The van der Waals surface area contributed by atoms with Crippen molar-refractivity contribution in [2.75, 3.05) is 0 Å². The van der Waals surface area contributed by atoms with Gasteiger partial charge in [-0.25, -0.2) is 0 Å². The highest BCUT2D eigenvalue weighted by molar-refractivity contribution is 5.83. The molecule has 4 heteroatoms. The molecule has 4 nitrogen and oxygen atoms in total. The molecule has 3 aromatic rings. The predicted molar refractivity (Wildman–Crippen MR) is 108 cm³/mol. The minimum Gasteiger partial charge on any atom is -0.350 e. The van der Waals surface area contributed by atoms with Gasteiger partial charge in [0.25, 0.3) is 0 Å². The second-order valence-electron chi connectivity index (χ2n) is 6.76. The molecule has 0 unspecified atom stereocenters. The van der Waals surface area contributed by atoms with Gasteiger partial charge in [0, 0.05) is 6.92 Å². The van der Waals surface area contributed by atoms with Gasteiger partial charge in [0.05, 0.1) is 18.5 Å². The van der Waals surface area contributed by atoms with Crippen molar-refractivity contribution in [1.82, 2.24) is 10.6 Å². The second-order valence-corrected chi connectivity index (χ2v) is 6.76. The fourth-order valence-electron chi connectivity index (χ4n) is 3.23. The van der Waals surface area contributed by atoms with Crippen molar-refractivity contribution in [3.8, 4) is 0 Å². The van der Waals surface area contributed by atoms with Crippen molar-refractivity contribution in [2.24, 2.45) is 0 Å². The van der Waals surface area contributed by atoms with E-state index in [1.807, 2.05) is 55.5 Å². The monoisotopic (exact) mass is 360 g/mol. The Morgan fingerprint density at radius 1 is 0.815 bits per heavy atom. The van der Waals surface area contributed by atoms with Crippen molar-refractivity contribution in [3.63, 3.8) is 0 Å². The molecule has 0 aliphatic heterocycles. The molecule has 0 bridgehead atoms. The van der Waals surface area contributed by atoms with Crippen LogP contribution in [0.3, 0.4) is 0 Å². The van der Waals surface area contributed by atoms with Gasteiger partial charge in [-0.2, -0.15) is 0 Å². The zero-order chi connectivity index (χ0) is 19.2. The van der Waals surface area contributed by atoms with Crippen LogP contribution in [0.2, 0.25) is 0 Å². The average molecular weight is 360 g/mol. The molecule has 2 amide bonds. The summed E-state index contributed by atoms with van der Waals surface area (Å²) in [5.74, 6) is -0.252. The Balaban J connectivity index is 1.69. The van der Waals surface area contributed by atoms with Crippen LogP contribution in [-0.2, 0) is 9.59 Å². The summed E-state index contributed by atoms with van der Waals surface area (Å²) in [6.45, 7) is 3.43. The van der Waals surface area contributed by atoms with Gasteiger partial charge >= 0.3 is 0 Å². The molecule has 0 spiro atoms. The van der Waals surface area contributed by atoms with Crippen molar-refractivity contribution in [2.45, 2.75) is 32.4 Å². The smallest absolute Gasteiger partial charge is 0.222 e. The van der Waals surface area contributed by atoms with E-state index in [1.165, 1.54) is 12.3 Å². The van der Waals surface area contributed by atoms with Gasteiger partial charge in [0.2, 0.25) is 11.8 Å². The van der Waals surface area contributed by atoms with Crippen LogP contribution in [0.25, 0.3) is 10.8 Å². The summed E-state index contributed by atoms with van der Waals surface area (Å²) in [5, 5.41) is 8.23. The Bertz CT molecular complexity index is 937. The topological polar surface area (TPSA) is 58.2 Å². The van der Waals surface area contributed by atoms with Gasteiger partial charge in [-0.05, 0) is 34.9 Å². The summed E-state index contributed by atoms with van der Waals surface area (Å²) in [5.41, 5.74) is 1.97. The van der Waals surface area contributed by atoms with Gasteiger partial charge in [-0.15, -0.1) is 0 Å². The maximum atomic E-state index is 12.6. The van der Waals surface area contributed by atoms with Gasteiger partial charge in [-0.3, -0.25) is 9.59 Å². The Morgan fingerprint density at radius 3 is 2.19 bits per heavy atom. The van der Waals surface area contributed by atoms with Gasteiger partial charge in [0.15, 0.2) is 0 Å². The molecule has 2 N–H and O–H groups in total. The number of nitrogens with one attached hydrogen (secondary N) is 2. The molecule has 3 aromatic carbocycles. The number of carbonyl (C=O) groups excluding carboxylic acids is 2. The first kappa shape index (κ1) is 18.6. The van der Waals surface area contributed by atoms with Crippen LogP contribution in [0.1, 0.15) is 43.5 Å². The maximum absolute atomic E-state index is 12.6. The molecule has 0 saturated heterocycles. The van der Waals surface area contributed by atoms with E-state index >= 15 is 0 Å². The first-order valence-corrected chi connectivity index (χ1v) is 9.13. The summed E-state index contributed by atoms with van der Waals surface area (Å²) in [6, 6.07) is 23.5. The second kappa shape index (κ2) is 8.49. The number of hydrogen-bond donors (Lipinski definition) is 2. The van der Waals surface area contributed by atoms with Crippen LogP contribution >= 0.6 is 0 Å². The van der Waals surface area contributed by atoms with E-state index in [0.717, 1.165) is 16.5 Å². The van der Waals surface area contributed by atoms with Crippen LogP contribution in [0.15, 0.2) is 72.8 Å². The first-order valence-electron chi connectivity index (χ1n) is 9.13. The molecule has 0 heterocycles. The van der Waals surface area contributed by atoms with Crippen LogP contribution in [0.5, 0.6) is 0 Å². The van der Waals surface area contributed by atoms with Crippen LogP contribution in [-0.4, -0.2) is 11.8 Å². The number of benzene rings is 3. The van der Waals surface area contributed by atoms with E-state index in [0.29, 0.717) is 0 Å². The largest absolute Gasteiger partial charge is 0.350 e. The third-order valence-corrected chi connectivity index (χ3v) is 4.62. The minimum atomic E-state index is -0.340. The van der Waals surface area contributed by atoms with Crippen LogP contribution in [0.4, 0.5) is 0 Å². The lowest BCUT2D eigenvalue weighted by molar-refractivity contribution is -0.123. The molecule has 0 fully saturated rings. The molecule has 0 radical (unpaired) electrons. The minimum absolute atomic E-state index is 0.0988. The molecule has 2 atom stereocenters. The van der Waals surface area contributed by atoms with E-state index in [4.69, 9.17) is 0 Å². The first-order chi connectivity index (χ1) is 13.0. The number of rotatable bonds is 6. The van der Waals surface area contributed by atoms with Crippen LogP contribution < -0.4 is 10.6 Å². The zero-order valence-electron chi connectivity index (χ0n) is 15.6. The normalized spacial score (nSPS) is 13.0. The number of amides is 2. The standard InChI is InChI=1S/C23H24N2O2/c1-16(20-13-12-18-8-6-7-11-21(18)14-20)24-23(27)15-22(25-17(2)26)19-9-4-3-5-10-19/h3-14,16,22H,15H2,1-2H3,(H,24,27)(H,25,26)/t16-,22-/m0/s1. The number of carbonyl (C=O) groups is 2. The lowest BCUT2D eigenvalue weighted by Crippen LogP contribution is -2.33. The van der Waals surface area contributed by atoms with E-state index in [-0.39, 0.29) is 30.3 Å². The van der Waals surface area contributed by atoms with Gasteiger partial charge < -0.3 is 10.6 Å². The molecular formula is C23H24N2O2. The SMILES string of the molecule is CC(=O)N[C@@H](CC(=O)N[C@@H](C)c1ccc2ccccc2c1)c1ccccc1. The van der Waals surface area contributed by atoms with Crippen molar-refractivity contribution >= 4 is 22.6 Å². The van der Waals surface area contributed by atoms with E-state index < -0.39 is 0 Å². The molecule has 138 valence electrons. The molecule has 27 heavy (non-hydrogen) atoms. The van der Waals surface area contributed by atoms with E-state index in [2.05, 4.69) is 34.9 Å². The highest BCUT2D eigenvalue weighted by Gasteiger charge is 2.18. The quantitative estimate of drug-likeness (QED) is 0.689. The summed E-state index contributed by atoms with van der Waals surface area (Å²) >= 11 is 0. The number of fused-ring (bicyclic) bond motifs is 1. The molecular weight excluding hydrogens is 336 g/mol. The Labute approximate surface area is 159 Å². The highest BCUT2D eigenvalue weighted by Crippen LogP contribution is 2.21. The third kappa shape index (κ3) is 4.94. The van der Waals surface area contributed by atoms with E-state index in [1.54, 1.807) is 0 Å². The Kier molecular flexibility index (Phi) is 5.87. The Hall–Kier alpha value is -3.14. The summed E-state index contributed by atoms with van der Waals surface area (Å²) < 4.78 is 0. The fourth-order valence-corrected chi connectivity index (χ4v) is 3.23. The predicted octanol–water partition coefficient (Wildman–Crippen LogP) is 4.28. The summed E-state index contributed by atoms with van der Waals surface area (Å²) in [6.07, 6.45) is 0.196. The Morgan fingerprint density at radius 2 is 1.48 bits per heavy atom. The van der Waals surface area contributed by atoms with Crippen molar-refractivity contribution < 1.29 is 9.59 Å². The zero-order valence-corrected chi connectivity index (χ0v) is 15.6. The molecule has 0 aliphatic carbocycles. The fraction of sp³-hybridized carbons (Fsp3) is 0.217. The lowest BCUT2D eigenvalue weighted by Gasteiger charge is -2.20. The van der Waals surface area contributed by atoms with Gasteiger partial charge in [-0.1, -0.05) is 66.7 Å². The molecule has 0 aliphatic rings. The van der Waals surface area contributed by atoms with Crippen molar-refractivity contribution in [3.05, 3.63) is 83.9 Å². The van der Waals surface area contributed by atoms with E-state index in [9.17, 15) is 9.59 Å². The molecule has 0 aromatic heterocycles. The summed E-state index contributed by atoms with van der Waals surface area (Å²) in [4.78, 5) is 24.1. The summed E-state index contributed by atoms with van der Waals surface area (Å²) in [7, 11) is 0.